The Hall–Kier alpha value is -4.52. The first-order valence-electron chi connectivity index (χ1n) is 13.2. The molecule has 0 saturated carbocycles. The number of fused-ring (bicyclic) bond motifs is 3. The average Bonchev–Trinajstić information content (AvgIpc) is 3.48. The van der Waals surface area contributed by atoms with Gasteiger partial charge in [-0.05, 0) is 48.4 Å². The maximum absolute atomic E-state index is 14.3. The average molecular weight is 524 g/mol. The third-order valence-corrected chi connectivity index (χ3v) is 7.10. The van der Waals surface area contributed by atoms with Gasteiger partial charge in [-0.3, -0.25) is 14.5 Å². The van der Waals surface area contributed by atoms with E-state index in [2.05, 4.69) is 17.6 Å². The third-order valence-electron chi connectivity index (χ3n) is 7.10. The summed E-state index contributed by atoms with van der Waals surface area (Å²) in [5.74, 6) is 0.658. The van der Waals surface area contributed by atoms with E-state index in [1.807, 2.05) is 71.8 Å². The summed E-state index contributed by atoms with van der Waals surface area (Å²) < 4.78 is 12.9. The first-order valence-corrected chi connectivity index (χ1v) is 13.2. The molecule has 1 unspecified atom stereocenters. The predicted octanol–water partition coefficient (Wildman–Crippen LogP) is 5.87. The van der Waals surface area contributed by atoms with Crippen molar-refractivity contribution in [2.24, 2.45) is 0 Å². The van der Waals surface area contributed by atoms with E-state index in [9.17, 15) is 9.59 Å². The molecule has 1 aromatic heterocycles. The van der Waals surface area contributed by atoms with Gasteiger partial charge >= 0.3 is 0 Å². The van der Waals surface area contributed by atoms with Gasteiger partial charge < -0.3 is 18.9 Å². The SMILES string of the molecule is CCCCN(CC(=O)N1c2ccccc2-n2cccc2C1c1ccccc1)C(=O)c1cc(OC)cc(OC)c1. The number of hydrogen-bond acceptors (Lipinski definition) is 4. The lowest BCUT2D eigenvalue weighted by Gasteiger charge is -2.39. The number of amides is 2. The number of ether oxygens (including phenoxy) is 2. The van der Waals surface area contributed by atoms with Crippen LogP contribution in [0.3, 0.4) is 0 Å². The van der Waals surface area contributed by atoms with E-state index in [-0.39, 0.29) is 24.4 Å². The Morgan fingerprint density at radius 3 is 2.18 bits per heavy atom. The van der Waals surface area contributed by atoms with Crippen LogP contribution in [0.25, 0.3) is 5.69 Å². The van der Waals surface area contributed by atoms with Crippen molar-refractivity contribution >= 4 is 17.5 Å². The minimum atomic E-state index is -0.330. The van der Waals surface area contributed by atoms with E-state index >= 15 is 0 Å². The molecule has 5 rings (SSSR count). The van der Waals surface area contributed by atoms with Crippen LogP contribution in [-0.4, -0.2) is 48.6 Å². The van der Waals surface area contributed by atoms with E-state index < -0.39 is 0 Å². The lowest BCUT2D eigenvalue weighted by molar-refractivity contribution is -0.119. The molecule has 4 aromatic rings. The first kappa shape index (κ1) is 26.1. The summed E-state index contributed by atoms with van der Waals surface area (Å²) in [4.78, 5) is 31.6. The number of carbonyl (C=O) groups is 2. The van der Waals surface area contributed by atoms with Gasteiger partial charge in [-0.15, -0.1) is 0 Å². The fraction of sp³-hybridized carbons (Fsp3) is 0.250. The van der Waals surface area contributed by atoms with E-state index in [1.165, 1.54) is 0 Å². The normalized spacial score (nSPS) is 13.8. The fourth-order valence-corrected chi connectivity index (χ4v) is 5.17. The molecule has 0 spiro atoms. The number of unbranched alkanes of at least 4 members (excludes halogenated alkanes) is 1. The van der Waals surface area contributed by atoms with Crippen LogP contribution >= 0.6 is 0 Å². The van der Waals surface area contributed by atoms with Gasteiger partial charge in [-0.25, -0.2) is 0 Å². The zero-order chi connectivity index (χ0) is 27.4. The molecule has 1 aliphatic rings. The highest BCUT2D eigenvalue weighted by Gasteiger charge is 2.37. The van der Waals surface area contributed by atoms with Crippen molar-refractivity contribution in [2.45, 2.75) is 25.8 Å². The number of nitrogens with zero attached hydrogens (tertiary/aromatic N) is 3. The van der Waals surface area contributed by atoms with Crippen LogP contribution in [0, 0.1) is 0 Å². The van der Waals surface area contributed by atoms with Crippen LogP contribution in [0.2, 0.25) is 0 Å². The third kappa shape index (κ3) is 5.12. The molecule has 2 amide bonds. The van der Waals surface area contributed by atoms with Gasteiger partial charge in [0.2, 0.25) is 5.91 Å². The van der Waals surface area contributed by atoms with Gasteiger partial charge in [0.1, 0.15) is 24.1 Å². The van der Waals surface area contributed by atoms with Gasteiger partial charge in [0.25, 0.3) is 5.91 Å². The van der Waals surface area contributed by atoms with Gasteiger partial charge in [0.05, 0.1) is 31.3 Å². The number of benzene rings is 3. The molecule has 1 atom stereocenters. The monoisotopic (exact) mass is 523 g/mol. The van der Waals surface area contributed by atoms with Crippen LogP contribution in [0.1, 0.15) is 47.4 Å². The second-order valence-electron chi connectivity index (χ2n) is 9.55. The molecule has 200 valence electrons. The Labute approximate surface area is 229 Å². The second kappa shape index (κ2) is 11.5. The summed E-state index contributed by atoms with van der Waals surface area (Å²) in [6.07, 6.45) is 3.70. The summed E-state index contributed by atoms with van der Waals surface area (Å²) in [5.41, 5.74) is 4.16. The molecule has 0 bridgehead atoms. The van der Waals surface area contributed by atoms with E-state index in [4.69, 9.17) is 9.47 Å². The molecular formula is C32H33N3O4. The molecule has 0 fully saturated rings. The maximum Gasteiger partial charge on any atom is 0.254 e. The van der Waals surface area contributed by atoms with Crippen LogP contribution in [0.4, 0.5) is 5.69 Å². The molecule has 2 heterocycles. The molecule has 1 aliphatic heterocycles. The van der Waals surface area contributed by atoms with Crippen molar-refractivity contribution in [3.8, 4) is 17.2 Å². The summed E-state index contributed by atoms with van der Waals surface area (Å²) in [6.45, 7) is 2.47. The fourth-order valence-electron chi connectivity index (χ4n) is 5.17. The van der Waals surface area contributed by atoms with E-state index in [1.54, 1.807) is 37.3 Å². The highest BCUT2D eigenvalue weighted by atomic mass is 16.5. The first-order chi connectivity index (χ1) is 19.0. The molecule has 7 nitrogen and oxygen atoms in total. The molecule has 3 aromatic carbocycles. The summed E-state index contributed by atoms with van der Waals surface area (Å²) in [5, 5.41) is 0. The zero-order valence-electron chi connectivity index (χ0n) is 22.5. The smallest absolute Gasteiger partial charge is 0.254 e. The number of carbonyl (C=O) groups excluding carboxylic acids is 2. The summed E-state index contributed by atoms with van der Waals surface area (Å²) in [6, 6.07) is 26.7. The van der Waals surface area contributed by atoms with Gasteiger partial charge in [0, 0.05) is 24.4 Å². The van der Waals surface area contributed by atoms with Gasteiger partial charge in [0.15, 0.2) is 0 Å². The Morgan fingerprint density at radius 2 is 1.51 bits per heavy atom. The topological polar surface area (TPSA) is 64.0 Å². The number of aromatic nitrogens is 1. The Bertz CT molecular complexity index is 1440. The van der Waals surface area contributed by atoms with Crippen molar-refractivity contribution in [2.75, 3.05) is 32.2 Å². The summed E-state index contributed by atoms with van der Waals surface area (Å²) in [7, 11) is 3.10. The van der Waals surface area contributed by atoms with E-state index in [0.29, 0.717) is 23.6 Å². The van der Waals surface area contributed by atoms with Crippen molar-refractivity contribution in [3.63, 3.8) is 0 Å². The molecule has 7 heteroatoms. The number of methoxy groups -OCH3 is 2. The number of para-hydroxylation sites is 2. The predicted molar refractivity (Wildman–Crippen MR) is 152 cm³/mol. The lowest BCUT2D eigenvalue weighted by Crippen LogP contribution is -2.47. The van der Waals surface area contributed by atoms with Crippen LogP contribution in [0.15, 0.2) is 91.1 Å². The molecule has 0 aliphatic carbocycles. The second-order valence-corrected chi connectivity index (χ2v) is 9.55. The van der Waals surface area contributed by atoms with E-state index in [0.717, 1.165) is 35.5 Å². The number of hydrogen-bond donors (Lipinski definition) is 0. The number of anilines is 1. The Balaban J connectivity index is 1.54. The van der Waals surface area contributed by atoms with Crippen molar-refractivity contribution in [3.05, 3.63) is 108 Å². The molecule has 0 N–H and O–H groups in total. The minimum Gasteiger partial charge on any atom is -0.497 e. The van der Waals surface area contributed by atoms with Crippen LogP contribution < -0.4 is 14.4 Å². The lowest BCUT2D eigenvalue weighted by atomic mass is 9.97. The van der Waals surface area contributed by atoms with Gasteiger partial charge in [-0.2, -0.15) is 0 Å². The molecular weight excluding hydrogens is 490 g/mol. The molecule has 39 heavy (non-hydrogen) atoms. The highest BCUT2D eigenvalue weighted by Crippen LogP contribution is 2.42. The summed E-state index contributed by atoms with van der Waals surface area (Å²) >= 11 is 0. The molecule has 0 saturated heterocycles. The molecule has 0 radical (unpaired) electrons. The van der Waals surface area contributed by atoms with Crippen LogP contribution in [0.5, 0.6) is 11.5 Å². The largest absolute Gasteiger partial charge is 0.497 e. The quantitative estimate of drug-likeness (QED) is 0.275. The zero-order valence-corrected chi connectivity index (χ0v) is 22.5. The maximum atomic E-state index is 14.3. The Morgan fingerprint density at radius 1 is 0.846 bits per heavy atom. The van der Waals surface area contributed by atoms with Crippen molar-refractivity contribution in [1.29, 1.82) is 0 Å². The van der Waals surface area contributed by atoms with Gasteiger partial charge in [-0.1, -0.05) is 55.8 Å². The standard InChI is InChI=1S/C32H33N3O4/c1-4-5-17-33(32(37)24-19-25(38-2)21-26(20-24)39-3)22-30(36)35-28-15-10-9-14-27(28)34-18-11-16-29(34)31(35)23-12-7-6-8-13-23/h6-16,18-21,31H,4-5,17,22H2,1-3H3. The number of rotatable bonds is 9. The highest BCUT2D eigenvalue weighted by molar-refractivity contribution is 6.03. The Kier molecular flexibility index (Phi) is 7.68. The minimum absolute atomic E-state index is 0.0588. The van der Waals surface area contributed by atoms with Crippen molar-refractivity contribution in [1.82, 2.24) is 9.47 Å². The van der Waals surface area contributed by atoms with Crippen LogP contribution in [-0.2, 0) is 4.79 Å². The van der Waals surface area contributed by atoms with Crippen molar-refractivity contribution < 1.29 is 19.1 Å².